The fraction of sp³-hybridized carbons (Fsp3) is 0.353. The van der Waals surface area contributed by atoms with Gasteiger partial charge in [0.25, 0.3) is 0 Å². The van der Waals surface area contributed by atoms with E-state index < -0.39 is 24.1 Å². The number of hydrogen-bond donors (Lipinski definition) is 6. The van der Waals surface area contributed by atoms with Gasteiger partial charge in [-0.3, -0.25) is 9.59 Å². The van der Waals surface area contributed by atoms with Crippen LogP contribution >= 0.6 is 0 Å². The molecule has 2 atom stereocenters. The molecule has 0 amide bonds. The summed E-state index contributed by atoms with van der Waals surface area (Å²) in [5.41, 5.74) is 11.7. The van der Waals surface area contributed by atoms with Gasteiger partial charge in [0, 0.05) is 46.0 Å². The van der Waals surface area contributed by atoms with Gasteiger partial charge in [-0.1, -0.05) is 0 Å². The first-order valence-electron chi connectivity index (χ1n) is 14.7. The summed E-state index contributed by atoms with van der Waals surface area (Å²) in [5.74, 6) is -1.84. The molecule has 0 radical (unpaired) electrons. The Balaban J connectivity index is 0.00000288. The van der Waals surface area contributed by atoms with Crippen molar-refractivity contribution in [2.24, 2.45) is 0 Å². The van der Waals surface area contributed by atoms with Crippen molar-refractivity contribution in [3.63, 3.8) is 0 Å². The van der Waals surface area contributed by atoms with E-state index in [9.17, 15) is 30.0 Å². The summed E-state index contributed by atoms with van der Waals surface area (Å²) in [4.78, 5) is 39.8. The Kier molecular flexibility index (Phi) is 12.5. The molecule has 234 valence electrons. The number of aryl methyl sites for hydroxylation is 2. The van der Waals surface area contributed by atoms with Crippen LogP contribution in [0.15, 0.2) is 24.3 Å². The standard InChI is InChI=1S/C34H38N4O6.2Na.2H/c1-15-21(7-9-31(41)42)27-14-28-22(8-10-32(43)44)16(2)24(36-28)12-29-34(20(6)40)18(4)26(38-29)13-30-33(19(5)39)17(3)25(37-30)11-23(15)35-27;;;;/h11-14,19-20,37-40H,7-10H2,1-6H3,(H,41,42)(H,43,44);;;;/q;2*+1;2*-1. The van der Waals surface area contributed by atoms with Crippen LogP contribution in [0.5, 0.6) is 0 Å². The van der Waals surface area contributed by atoms with Gasteiger partial charge < -0.3 is 33.2 Å². The fourth-order valence-corrected chi connectivity index (χ4v) is 6.32. The molecule has 0 spiro atoms. The van der Waals surface area contributed by atoms with Crippen LogP contribution < -0.4 is 59.1 Å². The molecule has 8 bridgehead atoms. The first-order valence-corrected chi connectivity index (χ1v) is 14.7. The second-order valence-electron chi connectivity index (χ2n) is 11.7. The van der Waals surface area contributed by atoms with Gasteiger partial charge in [-0.2, -0.15) is 0 Å². The van der Waals surface area contributed by atoms with Crippen LogP contribution in [0.3, 0.4) is 0 Å². The molecular formula is C34H40N4Na2O6. The van der Waals surface area contributed by atoms with E-state index in [2.05, 4.69) is 9.97 Å². The normalized spacial score (nSPS) is 14.1. The molecule has 12 heteroatoms. The number of H-pyrrole nitrogens is 2. The second kappa shape index (κ2) is 15.1. The number of carboxylic acid groups (broad SMARTS) is 2. The largest absolute Gasteiger partial charge is 1.00 e. The van der Waals surface area contributed by atoms with Gasteiger partial charge in [-0.25, -0.2) is 9.97 Å². The van der Waals surface area contributed by atoms with Crippen molar-refractivity contribution in [1.82, 2.24) is 19.9 Å². The van der Waals surface area contributed by atoms with E-state index in [1.807, 2.05) is 52.0 Å². The predicted molar refractivity (Wildman–Crippen MR) is 173 cm³/mol. The van der Waals surface area contributed by atoms with E-state index in [0.29, 0.717) is 39.4 Å². The molecule has 5 heterocycles. The van der Waals surface area contributed by atoms with Gasteiger partial charge in [-0.15, -0.1) is 0 Å². The molecule has 2 unspecified atom stereocenters. The van der Waals surface area contributed by atoms with Gasteiger partial charge in [0.05, 0.1) is 35.0 Å². The zero-order valence-corrected chi connectivity index (χ0v) is 31.8. The monoisotopic (exact) mass is 646 g/mol. The molecule has 0 saturated carbocycles. The Morgan fingerprint density at radius 1 is 0.652 bits per heavy atom. The van der Waals surface area contributed by atoms with E-state index in [0.717, 1.165) is 50.0 Å². The number of nitrogens with one attached hydrogen (secondary N) is 2. The molecule has 5 rings (SSSR count). The maximum absolute atomic E-state index is 11.6. The molecule has 2 aliphatic heterocycles. The quantitative estimate of drug-likeness (QED) is 0.196. The zero-order chi connectivity index (χ0) is 32.0. The number of aromatic nitrogens is 4. The SMILES string of the molecule is CC1=C(CCC(=O)O)c2cc3nc(cc4[nH]c(cc5[nH]c(cc1n2)c(C)c5C(C)O)c(C)c4C(C)O)C(C)=C3CCC(=O)O.[H-].[H-].[Na+].[Na+]. The van der Waals surface area contributed by atoms with Gasteiger partial charge >= 0.3 is 71.1 Å². The third-order valence-corrected chi connectivity index (χ3v) is 8.65. The number of carbonyl (C=O) groups is 2. The fourth-order valence-electron chi connectivity index (χ4n) is 6.32. The molecule has 0 aliphatic carbocycles. The molecule has 10 nitrogen and oxygen atoms in total. The summed E-state index contributed by atoms with van der Waals surface area (Å²) in [5, 5.41) is 40.5. The summed E-state index contributed by atoms with van der Waals surface area (Å²) in [7, 11) is 0. The third-order valence-electron chi connectivity index (χ3n) is 8.65. The average Bonchev–Trinajstić information content (AvgIpc) is 3.59. The van der Waals surface area contributed by atoms with Crippen molar-refractivity contribution in [2.75, 3.05) is 0 Å². The van der Waals surface area contributed by atoms with Crippen LogP contribution in [0.1, 0.15) is 113 Å². The topological polar surface area (TPSA) is 172 Å². The van der Waals surface area contributed by atoms with Crippen LogP contribution in [0.2, 0.25) is 0 Å². The molecule has 6 N–H and O–H groups in total. The van der Waals surface area contributed by atoms with Crippen molar-refractivity contribution in [3.8, 4) is 0 Å². The molecule has 0 saturated heterocycles. The van der Waals surface area contributed by atoms with Crippen molar-refractivity contribution < 1.29 is 92.0 Å². The Morgan fingerprint density at radius 3 is 1.41 bits per heavy atom. The van der Waals surface area contributed by atoms with Crippen molar-refractivity contribution in [1.29, 1.82) is 0 Å². The molecule has 3 aromatic rings. The summed E-state index contributed by atoms with van der Waals surface area (Å²) < 4.78 is 0. The van der Waals surface area contributed by atoms with E-state index >= 15 is 0 Å². The number of aliphatic hydroxyl groups is 2. The number of fused-ring (bicyclic) bond motifs is 8. The number of carboxylic acids is 2. The molecule has 0 fully saturated rings. The first kappa shape index (κ1) is 37.9. The summed E-state index contributed by atoms with van der Waals surface area (Å²) >= 11 is 0. The maximum Gasteiger partial charge on any atom is 1.00 e. The Hall–Kier alpha value is -2.54. The van der Waals surface area contributed by atoms with E-state index in [-0.39, 0.29) is 87.7 Å². The van der Waals surface area contributed by atoms with Crippen LogP contribution in [-0.4, -0.2) is 52.3 Å². The number of rotatable bonds is 8. The molecule has 3 aromatic heterocycles. The first-order chi connectivity index (χ1) is 20.8. The zero-order valence-electron chi connectivity index (χ0n) is 29.8. The average molecular weight is 647 g/mol. The summed E-state index contributed by atoms with van der Waals surface area (Å²) in [6.07, 6.45) is -1.18. The minimum atomic E-state index is -0.921. The molecule has 0 aromatic carbocycles. The van der Waals surface area contributed by atoms with Crippen LogP contribution in [-0.2, 0) is 9.59 Å². The van der Waals surface area contributed by atoms with Crippen molar-refractivity contribution in [2.45, 2.75) is 79.4 Å². The van der Waals surface area contributed by atoms with Crippen molar-refractivity contribution >= 4 is 56.3 Å². The van der Waals surface area contributed by atoms with Gasteiger partial charge in [0.2, 0.25) is 0 Å². The Bertz CT molecular complexity index is 1950. The second-order valence-corrected chi connectivity index (χ2v) is 11.7. The summed E-state index contributed by atoms with van der Waals surface area (Å²) in [6.45, 7) is 11.1. The number of aliphatic carboxylic acids is 2. The number of hydrogen-bond acceptors (Lipinski definition) is 6. The van der Waals surface area contributed by atoms with Crippen LogP contribution in [0.25, 0.3) is 44.4 Å². The van der Waals surface area contributed by atoms with Crippen LogP contribution in [0, 0.1) is 13.8 Å². The van der Waals surface area contributed by atoms with Gasteiger partial charge in [0.1, 0.15) is 0 Å². The predicted octanol–water partition coefficient (Wildman–Crippen LogP) is 0.862. The number of nitrogens with zero attached hydrogens (tertiary/aromatic N) is 2. The van der Waals surface area contributed by atoms with E-state index in [1.54, 1.807) is 13.8 Å². The number of allylic oxidation sites excluding steroid dienone is 4. The molecule has 2 aliphatic rings. The van der Waals surface area contributed by atoms with Gasteiger partial charge in [-0.05, 0) is 112 Å². The smallest absolute Gasteiger partial charge is 1.00 e. The Labute approximate surface area is 314 Å². The van der Waals surface area contributed by atoms with E-state index in [4.69, 9.17) is 9.97 Å². The van der Waals surface area contributed by atoms with E-state index in [1.165, 1.54) is 0 Å². The van der Waals surface area contributed by atoms with Crippen LogP contribution in [0.4, 0.5) is 0 Å². The minimum absolute atomic E-state index is 0. The number of aromatic amines is 2. The summed E-state index contributed by atoms with van der Waals surface area (Å²) in [6, 6.07) is 7.51. The maximum atomic E-state index is 11.6. The minimum Gasteiger partial charge on any atom is -1.00 e. The van der Waals surface area contributed by atoms with Crippen molar-refractivity contribution in [3.05, 3.63) is 69.3 Å². The Morgan fingerprint density at radius 2 is 1.02 bits per heavy atom. The molecule has 46 heavy (non-hydrogen) atoms. The third kappa shape index (κ3) is 7.45. The molecular weight excluding hydrogens is 606 g/mol. The number of aliphatic hydroxyl groups excluding tert-OH is 2. The van der Waals surface area contributed by atoms with Gasteiger partial charge in [0.15, 0.2) is 0 Å².